The first-order valence-corrected chi connectivity index (χ1v) is 10.0. The van der Waals surface area contributed by atoms with Gasteiger partial charge in [0.2, 0.25) is 5.91 Å². The fourth-order valence-electron chi connectivity index (χ4n) is 2.38. The maximum absolute atomic E-state index is 12.5. The van der Waals surface area contributed by atoms with Crippen molar-refractivity contribution in [2.24, 2.45) is 0 Å². The number of aromatic amines is 1. The molecule has 0 aliphatic rings. The number of aromatic nitrogens is 3. The van der Waals surface area contributed by atoms with Gasteiger partial charge >= 0.3 is 5.69 Å². The van der Waals surface area contributed by atoms with E-state index < -0.39 is 5.25 Å². The second-order valence-corrected chi connectivity index (χ2v) is 8.12. The van der Waals surface area contributed by atoms with E-state index >= 15 is 0 Å². The van der Waals surface area contributed by atoms with Crippen molar-refractivity contribution in [1.29, 1.82) is 0 Å². The second-order valence-electron chi connectivity index (χ2n) is 5.97. The topological polar surface area (TPSA) is 79.8 Å². The standard InChI is InChI=1S/C17H22Cl2N4O2S/c1-4-5-8-23-16(25)21-22-17(23)26-11(3)15(24)20-10(2)13-7-6-12(18)9-14(13)19/h6-7,9-11H,4-5,8H2,1-3H3,(H,20,24)(H,21,25). The molecule has 0 aliphatic heterocycles. The number of nitrogens with one attached hydrogen (secondary N) is 2. The Bertz CT molecular complexity index is 821. The van der Waals surface area contributed by atoms with Crippen molar-refractivity contribution in [1.82, 2.24) is 20.1 Å². The highest BCUT2D eigenvalue weighted by Crippen LogP contribution is 2.27. The number of benzene rings is 1. The summed E-state index contributed by atoms with van der Waals surface area (Å²) in [7, 11) is 0. The SMILES string of the molecule is CCCCn1c(SC(C)C(=O)NC(C)c2ccc(Cl)cc2Cl)n[nH]c1=O. The summed E-state index contributed by atoms with van der Waals surface area (Å²) in [5.41, 5.74) is 0.538. The van der Waals surface area contributed by atoms with E-state index in [4.69, 9.17) is 23.2 Å². The van der Waals surface area contributed by atoms with E-state index in [1.165, 1.54) is 11.8 Å². The minimum absolute atomic E-state index is 0.161. The van der Waals surface area contributed by atoms with E-state index in [1.54, 1.807) is 29.7 Å². The first-order chi connectivity index (χ1) is 12.3. The summed E-state index contributed by atoms with van der Waals surface area (Å²) >= 11 is 13.4. The van der Waals surface area contributed by atoms with Crippen LogP contribution in [0, 0.1) is 0 Å². The van der Waals surface area contributed by atoms with E-state index in [-0.39, 0.29) is 17.6 Å². The summed E-state index contributed by atoms with van der Waals surface area (Å²) in [6.45, 7) is 6.27. The average Bonchev–Trinajstić information content (AvgIpc) is 2.92. The lowest BCUT2D eigenvalue weighted by atomic mass is 10.1. The molecule has 2 rings (SSSR count). The molecule has 2 aromatic rings. The number of amides is 1. The Kier molecular flexibility index (Phi) is 7.61. The summed E-state index contributed by atoms with van der Waals surface area (Å²) in [5, 5.41) is 10.6. The van der Waals surface area contributed by atoms with Crippen molar-refractivity contribution in [2.45, 2.75) is 56.6 Å². The molecule has 1 aromatic heterocycles. The molecule has 9 heteroatoms. The summed E-state index contributed by atoms with van der Waals surface area (Å²) in [6, 6.07) is 4.91. The number of hydrogen-bond donors (Lipinski definition) is 2. The zero-order valence-corrected chi connectivity index (χ0v) is 17.2. The molecule has 0 spiro atoms. The quantitative estimate of drug-likeness (QED) is 0.636. The molecule has 6 nitrogen and oxygen atoms in total. The van der Waals surface area contributed by atoms with Crippen LogP contribution >= 0.6 is 35.0 Å². The lowest BCUT2D eigenvalue weighted by Gasteiger charge is -2.18. The van der Waals surface area contributed by atoms with Crippen molar-refractivity contribution in [3.05, 3.63) is 44.3 Å². The van der Waals surface area contributed by atoms with E-state index in [1.807, 2.05) is 6.92 Å². The molecule has 142 valence electrons. The first-order valence-electron chi connectivity index (χ1n) is 8.40. The number of carbonyl (C=O) groups is 1. The molecule has 0 bridgehead atoms. The molecule has 0 saturated carbocycles. The molecule has 0 saturated heterocycles. The smallest absolute Gasteiger partial charge is 0.343 e. The third kappa shape index (κ3) is 5.28. The van der Waals surface area contributed by atoms with Gasteiger partial charge in [-0.2, -0.15) is 0 Å². The normalized spacial score (nSPS) is 13.4. The molecule has 0 aliphatic carbocycles. The molecule has 2 atom stereocenters. The Morgan fingerprint density at radius 3 is 2.77 bits per heavy atom. The van der Waals surface area contributed by atoms with Crippen molar-refractivity contribution in [3.8, 4) is 0 Å². The third-order valence-corrected chi connectivity index (χ3v) is 5.55. The van der Waals surface area contributed by atoms with Gasteiger partial charge in [0.15, 0.2) is 5.16 Å². The number of H-pyrrole nitrogens is 1. The Hall–Kier alpha value is -1.44. The fourth-order valence-corrected chi connectivity index (χ4v) is 3.84. The molecule has 26 heavy (non-hydrogen) atoms. The predicted molar refractivity (Wildman–Crippen MR) is 106 cm³/mol. The third-order valence-electron chi connectivity index (χ3n) is 3.90. The maximum atomic E-state index is 12.5. The van der Waals surface area contributed by atoms with Crippen LogP contribution in [0.25, 0.3) is 0 Å². The number of halogens is 2. The van der Waals surface area contributed by atoms with Crippen LogP contribution in [0.5, 0.6) is 0 Å². The molecular weight excluding hydrogens is 395 g/mol. The van der Waals surface area contributed by atoms with E-state index in [9.17, 15) is 9.59 Å². The Morgan fingerprint density at radius 1 is 1.38 bits per heavy atom. The van der Waals surface area contributed by atoms with Gasteiger partial charge in [-0.15, -0.1) is 5.10 Å². The van der Waals surface area contributed by atoms with Crippen LogP contribution in [0.2, 0.25) is 10.0 Å². The lowest BCUT2D eigenvalue weighted by Crippen LogP contribution is -2.33. The molecule has 1 heterocycles. The van der Waals surface area contributed by atoms with Gasteiger partial charge in [0.05, 0.1) is 11.3 Å². The van der Waals surface area contributed by atoms with Crippen LogP contribution in [0.3, 0.4) is 0 Å². The predicted octanol–water partition coefficient (Wildman–Crippen LogP) is 4.04. The maximum Gasteiger partial charge on any atom is 0.343 e. The van der Waals surface area contributed by atoms with Gasteiger partial charge in [-0.1, -0.05) is 54.4 Å². The lowest BCUT2D eigenvalue weighted by molar-refractivity contribution is -0.120. The molecule has 0 fully saturated rings. The van der Waals surface area contributed by atoms with E-state index in [0.717, 1.165) is 18.4 Å². The molecule has 1 aromatic carbocycles. The van der Waals surface area contributed by atoms with Gasteiger partial charge in [-0.25, -0.2) is 9.89 Å². The van der Waals surface area contributed by atoms with Gasteiger partial charge in [0, 0.05) is 16.6 Å². The molecule has 2 N–H and O–H groups in total. The number of rotatable bonds is 8. The van der Waals surface area contributed by atoms with Crippen molar-refractivity contribution >= 4 is 40.9 Å². The van der Waals surface area contributed by atoms with Crippen LogP contribution in [0.15, 0.2) is 28.2 Å². The van der Waals surface area contributed by atoms with E-state index in [2.05, 4.69) is 22.4 Å². The van der Waals surface area contributed by atoms with Crippen molar-refractivity contribution in [2.75, 3.05) is 0 Å². The zero-order valence-electron chi connectivity index (χ0n) is 14.9. The van der Waals surface area contributed by atoms with Gasteiger partial charge in [-0.05, 0) is 38.0 Å². The van der Waals surface area contributed by atoms with Gasteiger partial charge in [-0.3, -0.25) is 9.36 Å². The second kappa shape index (κ2) is 9.48. The summed E-state index contributed by atoms with van der Waals surface area (Å²) in [4.78, 5) is 24.3. The van der Waals surface area contributed by atoms with E-state index in [0.29, 0.717) is 21.7 Å². The first kappa shape index (κ1) is 20.9. The van der Waals surface area contributed by atoms with Crippen LogP contribution in [0.1, 0.15) is 45.2 Å². The molecule has 2 unspecified atom stereocenters. The Balaban J connectivity index is 2.02. The highest BCUT2D eigenvalue weighted by atomic mass is 35.5. The molecule has 1 amide bonds. The minimum atomic E-state index is -0.417. The van der Waals surface area contributed by atoms with Crippen molar-refractivity contribution in [3.63, 3.8) is 0 Å². The Labute approximate surface area is 166 Å². The zero-order chi connectivity index (χ0) is 19.3. The van der Waals surface area contributed by atoms with Gasteiger partial charge < -0.3 is 5.32 Å². The van der Waals surface area contributed by atoms with Crippen LogP contribution in [-0.4, -0.2) is 25.9 Å². The highest BCUT2D eigenvalue weighted by Gasteiger charge is 2.21. The number of carbonyl (C=O) groups excluding carboxylic acids is 1. The number of unbranched alkanes of at least 4 members (excludes halogenated alkanes) is 1. The average molecular weight is 417 g/mol. The van der Waals surface area contributed by atoms with Gasteiger partial charge in [0.25, 0.3) is 0 Å². The number of nitrogens with zero attached hydrogens (tertiary/aromatic N) is 2. The number of thioether (sulfide) groups is 1. The van der Waals surface area contributed by atoms with Crippen molar-refractivity contribution < 1.29 is 4.79 Å². The summed E-state index contributed by atoms with van der Waals surface area (Å²) in [5.74, 6) is -0.161. The van der Waals surface area contributed by atoms with Crippen LogP contribution < -0.4 is 11.0 Å². The van der Waals surface area contributed by atoms with Gasteiger partial charge in [0.1, 0.15) is 0 Å². The van der Waals surface area contributed by atoms with Crippen LogP contribution in [0.4, 0.5) is 0 Å². The summed E-state index contributed by atoms with van der Waals surface area (Å²) in [6.07, 6.45) is 1.84. The minimum Gasteiger partial charge on any atom is -0.349 e. The summed E-state index contributed by atoms with van der Waals surface area (Å²) < 4.78 is 1.57. The van der Waals surface area contributed by atoms with Crippen LogP contribution in [-0.2, 0) is 11.3 Å². The molecular formula is C17H22Cl2N4O2S. The fraction of sp³-hybridized carbons (Fsp3) is 0.471. The highest BCUT2D eigenvalue weighted by molar-refractivity contribution is 8.00. The molecule has 0 radical (unpaired) electrons. The number of hydrogen-bond acceptors (Lipinski definition) is 4. The largest absolute Gasteiger partial charge is 0.349 e. The Morgan fingerprint density at radius 2 is 2.12 bits per heavy atom. The monoisotopic (exact) mass is 416 g/mol.